The van der Waals surface area contributed by atoms with Gasteiger partial charge in [-0.05, 0) is 23.8 Å². The molecule has 1 nitrogen and oxygen atoms in total. The Kier molecular flexibility index (Phi) is 2.58. The maximum atomic E-state index is 13.7. The molecule has 14 heavy (non-hydrogen) atoms. The van der Waals surface area contributed by atoms with E-state index in [9.17, 15) is 8.78 Å². The summed E-state index contributed by atoms with van der Waals surface area (Å²) in [7, 11) is 0. The van der Waals surface area contributed by atoms with Crippen molar-refractivity contribution in [3.8, 4) is 0 Å². The van der Waals surface area contributed by atoms with Crippen LogP contribution in [0.4, 0.5) is 8.78 Å². The van der Waals surface area contributed by atoms with Crippen molar-refractivity contribution in [3.63, 3.8) is 0 Å². The zero-order valence-corrected chi connectivity index (χ0v) is 9.07. The van der Waals surface area contributed by atoms with Gasteiger partial charge in [0.15, 0.2) is 0 Å². The van der Waals surface area contributed by atoms with Gasteiger partial charge in [-0.3, -0.25) is 0 Å². The Morgan fingerprint density at radius 3 is 2.57 bits per heavy atom. The fourth-order valence-corrected chi connectivity index (χ4v) is 2.11. The molecular weight excluding hydrogens is 252 g/mol. The fraction of sp³-hybridized carbons (Fsp3) is 0.400. The van der Waals surface area contributed by atoms with Crippen LogP contribution in [0.25, 0.3) is 0 Å². The molecule has 1 fully saturated rings. The Bertz CT molecular complexity index is 330. The van der Waals surface area contributed by atoms with Gasteiger partial charge in [0.25, 0.3) is 0 Å². The molecule has 2 rings (SSSR count). The van der Waals surface area contributed by atoms with Crippen molar-refractivity contribution in [2.75, 3.05) is 13.1 Å². The number of halogens is 3. The largest absolute Gasteiger partial charge is 0.310 e. The van der Waals surface area contributed by atoms with E-state index in [-0.39, 0.29) is 12.2 Å². The van der Waals surface area contributed by atoms with Crippen LogP contribution in [0, 0.1) is 5.82 Å². The van der Waals surface area contributed by atoms with Crippen LogP contribution < -0.4 is 5.32 Å². The second kappa shape index (κ2) is 3.59. The minimum absolute atomic E-state index is 0.274. The second-order valence-corrected chi connectivity index (χ2v) is 4.62. The van der Waals surface area contributed by atoms with Gasteiger partial charge in [0.05, 0.1) is 0 Å². The lowest BCUT2D eigenvalue weighted by atomic mass is 9.91. The number of alkyl halides is 1. The molecule has 1 saturated heterocycles. The zero-order chi connectivity index (χ0) is 10.2. The molecule has 1 aliphatic rings. The van der Waals surface area contributed by atoms with Gasteiger partial charge in [-0.2, -0.15) is 0 Å². The molecule has 1 aromatic rings. The fourth-order valence-electron chi connectivity index (χ4n) is 1.60. The molecule has 1 N–H and O–H groups in total. The Morgan fingerprint density at radius 1 is 1.36 bits per heavy atom. The van der Waals surface area contributed by atoms with Crippen molar-refractivity contribution in [3.05, 3.63) is 34.1 Å². The van der Waals surface area contributed by atoms with E-state index in [0.717, 1.165) is 0 Å². The molecule has 0 aliphatic carbocycles. The minimum Gasteiger partial charge on any atom is -0.310 e. The number of hydrogen-bond acceptors (Lipinski definition) is 1. The summed E-state index contributed by atoms with van der Waals surface area (Å²) in [6, 6.07) is 4.50. The van der Waals surface area contributed by atoms with Crippen molar-refractivity contribution in [1.29, 1.82) is 0 Å². The SMILES string of the molecule is Fc1cc(Br)cc(CC2(F)CNC2)c1. The van der Waals surface area contributed by atoms with Gasteiger partial charge in [0, 0.05) is 24.0 Å². The molecule has 0 bridgehead atoms. The summed E-state index contributed by atoms with van der Waals surface area (Å²) in [5.74, 6) is -0.328. The van der Waals surface area contributed by atoms with Crippen LogP contribution >= 0.6 is 15.9 Å². The van der Waals surface area contributed by atoms with E-state index in [4.69, 9.17) is 0 Å². The molecule has 1 aliphatic heterocycles. The van der Waals surface area contributed by atoms with Crippen LogP contribution in [0.1, 0.15) is 5.56 Å². The average Bonchev–Trinajstić information content (AvgIpc) is 1.99. The first-order chi connectivity index (χ1) is 6.57. The van der Waals surface area contributed by atoms with Crippen LogP contribution in [0.5, 0.6) is 0 Å². The molecule has 0 saturated carbocycles. The molecule has 76 valence electrons. The molecule has 1 heterocycles. The first kappa shape index (κ1) is 10.1. The van der Waals surface area contributed by atoms with Crippen LogP contribution in [-0.4, -0.2) is 18.8 Å². The Balaban J connectivity index is 2.16. The summed E-state index contributed by atoms with van der Waals surface area (Å²) in [6.45, 7) is 0.724. The summed E-state index contributed by atoms with van der Waals surface area (Å²) in [5, 5.41) is 2.87. The highest BCUT2D eigenvalue weighted by atomic mass is 79.9. The molecule has 0 amide bonds. The second-order valence-electron chi connectivity index (χ2n) is 3.71. The predicted octanol–water partition coefficient (Wildman–Crippen LogP) is 2.44. The van der Waals surface area contributed by atoms with Gasteiger partial charge in [0.2, 0.25) is 0 Å². The average molecular weight is 262 g/mol. The van der Waals surface area contributed by atoms with Gasteiger partial charge >= 0.3 is 0 Å². The number of hydrogen-bond donors (Lipinski definition) is 1. The van der Waals surface area contributed by atoms with Crippen LogP contribution in [0.15, 0.2) is 22.7 Å². The third-order valence-corrected chi connectivity index (χ3v) is 2.78. The highest BCUT2D eigenvalue weighted by Gasteiger charge is 2.36. The van der Waals surface area contributed by atoms with Gasteiger partial charge in [-0.15, -0.1) is 0 Å². The maximum absolute atomic E-state index is 13.7. The summed E-state index contributed by atoms with van der Waals surface area (Å²) in [4.78, 5) is 0. The van der Waals surface area contributed by atoms with Gasteiger partial charge in [0.1, 0.15) is 11.5 Å². The quantitative estimate of drug-likeness (QED) is 0.863. The van der Waals surface area contributed by atoms with Crippen molar-refractivity contribution in [2.24, 2.45) is 0 Å². The van der Waals surface area contributed by atoms with Gasteiger partial charge in [-0.25, -0.2) is 8.78 Å². The van der Waals surface area contributed by atoms with Crippen molar-refractivity contribution in [2.45, 2.75) is 12.1 Å². The predicted molar refractivity (Wildman–Crippen MR) is 54.5 cm³/mol. The van der Waals surface area contributed by atoms with Gasteiger partial charge < -0.3 is 5.32 Å². The Morgan fingerprint density at radius 2 is 2.07 bits per heavy atom. The highest BCUT2D eigenvalue weighted by molar-refractivity contribution is 9.10. The number of rotatable bonds is 2. The minimum atomic E-state index is -1.19. The van der Waals surface area contributed by atoms with Crippen molar-refractivity contribution >= 4 is 15.9 Å². The van der Waals surface area contributed by atoms with Crippen molar-refractivity contribution in [1.82, 2.24) is 5.32 Å². The standard InChI is InChI=1S/C10H10BrF2N/c11-8-1-7(2-9(12)3-8)4-10(13)5-14-6-10/h1-3,14H,4-6H2. The first-order valence-electron chi connectivity index (χ1n) is 4.42. The number of nitrogens with one attached hydrogen (secondary N) is 1. The summed E-state index contributed by atoms with van der Waals surface area (Å²) < 4.78 is 27.3. The lowest BCUT2D eigenvalue weighted by molar-refractivity contribution is 0.0911. The third-order valence-electron chi connectivity index (χ3n) is 2.33. The van der Waals surface area contributed by atoms with E-state index in [1.54, 1.807) is 6.07 Å². The molecule has 0 radical (unpaired) electrons. The van der Waals surface area contributed by atoms with E-state index < -0.39 is 5.67 Å². The maximum Gasteiger partial charge on any atom is 0.139 e. The summed E-state index contributed by atoms with van der Waals surface area (Å²) in [6.07, 6.45) is 0.274. The molecule has 0 spiro atoms. The highest BCUT2D eigenvalue weighted by Crippen LogP contribution is 2.24. The van der Waals surface area contributed by atoms with E-state index >= 15 is 0 Å². The first-order valence-corrected chi connectivity index (χ1v) is 5.21. The Labute approximate surface area is 89.6 Å². The summed E-state index contributed by atoms with van der Waals surface area (Å²) in [5.41, 5.74) is -0.492. The zero-order valence-electron chi connectivity index (χ0n) is 7.49. The lowest BCUT2D eigenvalue weighted by Crippen LogP contribution is -2.57. The van der Waals surface area contributed by atoms with Crippen LogP contribution in [-0.2, 0) is 6.42 Å². The molecule has 1 aromatic carbocycles. The van der Waals surface area contributed by atoms with E-state index in [1.807, 2.05) is 0 Å². The van der Waals surface area contributed by atoms with Crippen LogP contribution in [0.3, 0.4) is 0 Å². The third kappa shape index (κ3) is 2.12. The Hall–Kier alpha value is -0.480. The van der Waals surface area contributed by atoms with E-state index in [1.165, 1.54) is 12.1 Å². The lowest BCUT2D eigenvalue weighted by Gasteiger charge is -2.35. The smallest absolute Gasteiger partial charge is 0.139 e. The molecular formula is C10H10BrF2N. The summed E-state index contributed by atoms with van der Waals surface area (Å²) >= 11 is 3.18. The topological polar surface area (TPSA) is 12.0 Å². The molecule has 4 heteroatoms. The number of benzene rings is 1. The molecule has 0 aromatic heterocycles. The van der Waals surface area contributed by atoms with Crippen LogP contribution in [0.2, 0.25) is 0 Å². The van der Waals surface area contributed by atoms with Gasteiger partial charge in [-0.1, -0.05) is 15.9 Å². The molecule has 0 unspecified atom stereocenters. The normalized spacial score (nSPS) is 19.1. The van der Waals surface area contributed by atoms with E-state index in [0.29, 0.717) is 23.1 Å². The van der Waals surface area contributed by atoms with E-state index in [2.05, 4.69) is 21.2 Å². The monoisotopic (exact) mass is 261 g/mol. The molecule has 0 atom stereocenters. The van der Waals surface area contributed by atoms with Crippen molar-refractivity contribution < 1.29 is 8.78 Å².